The van der Waals surface area contributed by atoms with E-state index in [0.29, 0.717) is 15.7 Å². The van der Waals surface area contributed by atoms with Crippen LogP contribution in [0.2, 0.25) is 5.15 Å². The molecule has 0 aliphatic heterocycles. The van der Waals surface area contributed by atoms with Crippen molar-refractivity contribution < 1.29 is 17.9 Å². The number of nitrogens with one attached hydrogen (secondary N) is 1. The standard InChI is InChI=1S/C13H10BrClN2O4S/c1-21-13(18)8-2-4-9(5-3-8)17-22(19,20)10-6-11(14)12(15)16-7-10/h2-7,17H,1H3. The number of benzene rings is 1. The van der Waals surface area contributed by atoms with Gasteiger partial charge >= 0.3 is 5.97 Å². The van der Waals surface area contributed by atoms with Crippen LogP contribution in [-0.4, -0.2) is 26.5 Å². The van der Waals surface area contributed by atoms with Crippen molar-refractivity contribution in [1.29, 1.82) is 0 Å². The number of sulfonamides is 1. The fraction of sp³-hybridized carbons (Fsp3) is 0.0769. The molecule has 0 bridgehead atoms. The van der Waals surface area contributed by atoms with Crippen molar-refractivity contribution in [3.05, 3.63) is 51.7 Å². The number of pyridine rings is 1. The SMILES string of the molecule is COC(=O)c1ccc(NS(=O)(=O)c2cnc(Cl)c(Br)c2)cc1. The Kier molecular flexibility index (Phi) is 5.05. The molecule has 0 fully saturated rings. The van der Waals surface area contributed by atoms with Crippen LogP contribution in [0, 0.1) is 0 Å². The Morgan fingerprint density at radius 2 is 1.95 bits per heavy atom. The van der Waals surface area contributed by atoms with E-state index in [1.54, 1.807) is 0 Å². The van der Waals surface area contributed by atoms with E-state index in [-0.39, 0.29) is 10.0 Å². The zero-order valence-corrected chi connectivity index (χ0v) is 14.4. The van der Waals surface area contributed by atoms with Crippen LogP contribution in [0.1, 0.15) is 10.4 Å². The Hall–Kier alpha value is -1.64. The van der Waals surface area contributed by atoms with Gasteiger partial charge in [0.2, 0.25) is 0 Å². The third-order valence-electron chi connectivity index (χ3n) is 2.64. The second-order valence-electron chi connectivity index (χ2n) is 4.12. The van der Waals surface area contributed by atoms with Crippen LogP contribution in [0.5, 0.6) is 0 Å². The lowest BCUT2D eigenvalue weighted by Crippen LogP contribution is -2.13. The molecule has 0 radical (unpaired) electrons. The van der Waals surface area contributed by atoms with Gasteiger partial charge in [-0.3, -0.25) is 4.72 Å². The molecule has 0 atom stereocenters. The first-order valence-electron chi connectivity index (χ1n) is 5.86. The predicted molar refractivity (Wildman–Crippen MR) is 85.5 cm³/mol. The van der Waals surface area contributed by atoms with E-state index in [0.717, 1.165) is 6.20 Å². The number of nitrogens with zero attached hydrogens (tertiary/aromatic N) is 1. The fourth-order valence-electron chi connectivity index (χ4n) is 1.56. The van der Waals surface area contributed by atoms with Gasteiger partial charge in [-0.05, 0) is 46.3 Å². The van der Waals surface area contributed by atoms with Crippen LogP contribution < -0.4 is 4.72 Å². The number of anilines is 1. The number of hydrogen-bond acceptors (Lipinski definition) is 5. The van der Waals surface area contributed by atoms with Gasteiger partial charge in [-0.15, -0.1) is 0 Å². The van der Waals surface area contributed by atoms with Crippen molar-refractivity contribution in [3.8, 4) is 0 Å². The second-order valence-corrected chi connectivity index (χ2v) is 7.01. The Morgan fingerprint density at radius 1 is 1.32 bits per heavy atom. The predicted octanol–water partition coefficient (Wildman–Crippen LogP) is 3.08. The Labute approximate surface area is 140 Å². The van der Waals surface area contributed by atoms with Crippen LogP contribution in [0.4, 0.5) is 5.69 Å². The van der Waals surface area contributed by atoms with Gasteiger partial charge < -0.3 is 4.74 Å². The summed E-state index contributed by atoms with van der Waals surface area (Å²) in [5, 5.41) is 0.168. The van der Waals surface area contributed by atoms with Gasteiger partial charge in [-0.25, -0.2) is 18.2 Å². The van der Waals surface area contributed by atoms with E-state index >= 15 is 0 Å². The fourth-order valence-corrected chi connectivity index (χ4v) is 3.19. The lowest BCUT2D eigenvalue weighted by molar-refractivity contribution is 0.0601. The van der Waals surface area contributed by atoms with Gasteiger partial charge in [0.25, 0.3) is 10.0 Å². The van der Waals surface area contributed by atoms with Crippen molar-refractivity contribution in [2.24, 2.45) is 0 Å². The molecule has 2 aromatic rings. The van der Waals surface area contributed by atoms with Crippen LogP contribution >= 0.6 is 27.5 Å². The lowest BCUT2D eigenvalue weighted by Gasteiger charge is -2.09. The van der Waals surface area contributed by atoms with Gasteiger partial charge in [0.15, 0.2) is 0 Å². The number of carbonyl (C=O) groups excluding carboxylic acids is 1. The summed E-state index contributed by atoms with van der Waals surface area (Å²) in [5.74, 6) is -0.500. The molecule has 6 nitrogen and oxygen atoms in total. The minimum absolute atomic E-state index is 0.0409. The number of halogens is 2. The maximum Gasteiger partial charge on any atom is 0.337 e. The van der Waals surface area contributed by atoms with Gasteiger partial charge in [0, 0.05) is 11.9 Å². The summed E-state index contributed by atoms with van der Waals surface area (Å²) in [5.41, 5.74) is 0.625. The molecule has 116 valence electrons. The van der Waals surface area contributed by atoms with Crippen LogP contribution in [0.15, 0.2) is 45.9 Å². The molecule has 9 heteroatoms. The van der Waals surface area contributed by atoms with Gasteiger partial charge in [0.1, 0.15) is 10.0 Å². The third kappa shape index (κ3) is 3.76. The molecule has 22 heavy (non-hydrogen) atoms. The molecule has 1 N–H and O–H groups in total. The largest absolute Gasteiger partial charge is 0.465 e. The van der Waals surface area contributed by atoms with E-state index in [1.807, 2.05) is 0 Å². The zero-order valence-electron chi connectivity index (χ0n) is 11.2. The summed E-state index contributed by atoms with van der Waals surface area (Å²) in [7, 11) is -2.54. The minimum Gasteiger partial charge on any atom is -0.465 e. The minimum atomic E-state index is -3.81. The third-order valence-corrected chi connectivity index (χ3v) is 5.12. The zero-order chi connectivity index (χ0) is 16.3. The molecule has 1 heterocycles. The maximum absolute atomic E-state index is 12.2. The maximum atomic E-state index is 12.2. The van der Waals surface area contributed by atoms with E-state index in [9.17, 15) is 13.2 Å². The molecule has 0 saturated carbocycles. The number of ether oxygens (including phenoxy) is 1. The van der Waals surface area contributed by atoms with Crippen LogP contribution in [-0.2, 0) is 14.8 Å². The molecule has 1 aromatic carbocycles. The molecule has 0 aliphatic rings. The Bertz CT molecular complexity index is 809. The summed E-state index contributed by atoms with van der Waals surface area (Å²) < 4.78 is 31.8. The van der Waals surface area contributed by atoms with Crippen molar-refractivity contribution in [2.75, 3.05) is 11.8 Å². The smallest absolute Gasteiger partial charge is 0.337 e. The average molecular weight is 406 g/mol. The van der Waals surface area contributed by atoms with E-state index in [2.05, 4.69) is 30.4 Å². The first-order valence-corrected chi connectivity index (χ1v) is 8.51. The van der Waals surface area contributed by atoms with Crippen molar-refractivity contribution in [3.63, 3.8) is 0 Å². The molecule has 1 aromatic heterocycles. The first-order chi connectivity index (χ1) is 10.3. The number of rotatable bonds is 4. The van der Waals surface area contributed by atoms with E-state index in [4.69, 9.17) is 11.6 Å². The molecule has 0 saturated heterocycles. The number of esters is 1. The van der Waals surface area contributed by atoms with Crippen molar-refractivity contribution in [1.82, 2.24) is 4.98 Å². The van der Waals surface area contributed by atoms with Gasteiger partial charge in [-0.1, -0.05) is 11.6 Å². The summed E-state index contributed by atoms with van der Waals surface area (Å²) in [6.07, 6.45) is 1.15. The summed E-state index contributed by atoms with van der Waals surface area (Å²) >= 11 is 8.85. The van der Waals surface area contributed by atoms with Gasteiger partial charge in [-0.2, -0.15) is 0 Å². The topological polar surface area (TPSA) is 85.4 Å². The van der Waals surface area contributed by atoms with Crippen molar-refractivity contribution >= 4 is 49.2 Å². The summed E-state index contributed by atoms with van der Waals surface area (Å²) in [6, 6.07) is 7.18. The molecule has 2 rings (SSSR count). The monoisotopic (exact) mass is 404 g/mol. The number of carbonyl (C=O) groups is 1. The normalized spacial score (nSPS) is 11.0. The number of methoxy groups -OCH3 is 1. The Morgan fingerprint density at radius 3 is 2.50 bits per heavy atom. The highest BCUT2D eigenvalue weighted by molar-refractivity contribution is 9.10. The lowest BCUT2D eigenvalue weighted by atomic mass is 10.2. The highest BCUT2D eigenvalue weighted by Crippen LogP contribution is 2.24. The number of aromatic nitrogens is 1. The van der Waals surface area contributed by atoms with E-state index < -0.39 is 16.0 Å². The molecular weight excluding hydrogens is 396 g/mol. The number of hydrogen-bond donors (Lipinski definition) is 1. The molecule has 0 spiro atoms. The van der Waals surface area contributed by atoms with Gasteiger partial charge in [0.05, 0.1) is 17.1 Å². The molecule has 0 aliphatic carbocycles. The Balaban J connectivity index is 2.25. The molecule has 0 amide bonds. The quantitative estimate of drug-likeness (QED) is 0.624. The van der Waals surface area contributed by atoms with Crippen LogP contribution in [0.3, 0.4) is 0 Å². The van der Waals surface area contributed by atoms with E-state index in [1.165, 1.54) is 37.4 Å². The first kappa shape index (κ1) is 16.7. The summed E-state index contributed by atoms with van der Waals surface area (Å²) in [4.78, 5) is 15.0. The molecule has 0 unspecified atom stereocenters. The molecular formula is C13H10BrClN2O4S. The van der Waals surface area contributed by atoms with Crippen LogP contribution in [0.25, 0.3) is 0 Å². The second kappa shape index (κ2) is 6.64. The highest BCUT2D eigenvalue weighted by Gasteiger charge is 2.16. The summed E-state index contributed by atoms with van der Waals surface area (Å²) in [6.45, 7) is 0. The average Bonchev–Trinajstić information content (AvgIpc) is 2.49. The van der Waals surface area contributed by atoms with Crippen molar-refractivity contribution in [2.45, 2.75) is 4.90 Å². The highest BCUT2D eigenvalue weighted by atomic mass is 79.9.